The van der Waals surface area contributed by atoms with Crippen molar-refractivity contribution in [2.45, 2.75) is 31.7 Å². The number of H-pyrrole nitrogens is 1. The SMILES string of the molecule is Nc1cccc(Cl)c1CN(CCN1CCC(F)CC1)C(=O)c1cc(C(F)(F)F)n[nH]1. The van der Waals surface area contributed by atoms with Crippen molar-refractivity contribution < 1.29 is 22.4 Å². The molecule has 0 unspecified atom stereocenters. The number of piperidine rings is 1. The number of hydrogen-bond donors (Lipinski definition) is 2. The largest absolute Gasteiger partial charge is 0.435 e. The van der Waals surface area contributed by atoms with Crippen molar-refractivity contribution >= 4 is 23.2 Å². The Kier molecular flexibility index (Phi) is 6.87. The van der Waals surface area contributed by atoms with Crippen LogP contribution in [0.4, 0.5) is 23.2 Å². The lowest BCUT2D eigenvalue weighted by atomic mass is 10.1. The zero-order valence-electron chi connectivity index (χ0n) is 16.1. The molecule has 0 bridgehead atoms. The highest BCUT2D eigenvalue weighted by Gasteiger charge is 2.35. The third-order valence-corrected chi connectivity index (χ3v) is 5.45. The Morgan fingerprint density at radius 3 is 2.63 bits per heavy atom. The van der Waals surface area contributed by atoms with Gasteiger partial charge in [-0.3, -0.25) is 9.89 Å². The number of halogens is 5. The quantitative estimate of drug-likeness (QED) is 0.522. The molecule has 1 aromatic heterocycles. The zero-order chi connectivity index (χ0) is 21.9. The maximum absolute atomic E-state index is 13.4. The van der Waals surface area contributed by atoms with Crippen LogP contribution in [0.25, 0.3) is 0 Å². The Labute approximate surface area is 176 Å². The molecular weight excluding hydrogens is 426 g/mol. The fourth-order valence-corrected chi connectivity index (χ4v) is 3.56. The Bertz CT molecular complexity index is 860. The summed E-state index contributed by atoms with van der Waals surface area (Å²) in [5, 5.41) is 5.71. The van der Waals surface area contributed by atoms with E-state index in [0.29, 0.717) is 54.8 Å². The molecule has 0 saturated carbocycles. The number of alkyl halides is 4. The number of nitrogens with two attached hydrogens (primary N) is 1. The van der Waals surface area contributed by atoms with Crippen molar-refractivity contribution in [2.24, 2.45) is 0 Å². The second kappa shape index (κ2) is 9.22. The van der Waals surface area contributed by atoms with E-state index in [2.05, 4.69) is 10.2 Å². The highest BCUT2D eigenvalue weighted by atomic mass is 35.5. The van der Waals surface area contributed by atoms with E-state index in [-0.39, 0.29) is 18.8 Å². The molecule has 1 aliphatic heterocycles. The van der Waals surface area contributed by atoms with Crippen molar-refractivity contribution in [1.82, 2.24) is 20.0 Å². The van der Waals surface area contributed by atoms with Crippen LogP contribution >= 0.6 is 11.6 Å². The number of nitrogens with one attached hydrogen (secondary N) is 1. The molecule has 0 radical (unpaired) electrons. The van der Waals surface area contributed by atoms with Gasteiger partial charge in [0.25, 0.3) is 5.91 Å². The van der Waals surface area contributed by atoms with E-state index < -0.39 is 23.9 Å². The van der Waals surface area contributed by atoms with Gasteiger partial charge in [-0.1, -0.05) is 17.7 Å². The highest BCUT2D eigenvalue weighted by Crippen LogP contribution is 2.29. The van der Waals surface area contributed by atoms with Crippen LogP contribution in [-0.4, -0.2) is 58.3 Å². The molecule has 1 saturated heterocycles. The van der Waals surface area contributed by atoms with Gasteiger partial charge in [-0.05, 0) is 25.0 Å². The Morgan fingerprint density at radius 1 is 1.33 bits per heavy atom. The molecule has 0 atom stereocenters. The lowest BCUT2D eigenvalue weighted by Gasteiger charge is -2.31. The van der Waals surface area contributed by atoms with Crippen molar-refractivity contribution in [2.75, 3.05) is 31.9 Å². The number of rotatable bonds is 6. The minimum absolute atomic E-state index is 0.0181. The molecule has 0 spiro atoms. The van der Waals surface area contributed by atoms with Crippen LogP contribution in [0.2, 0.25) is 5.02 Å². The molecular formula is C19H22ClF4N5O. The first-order valence-electron chi connectivity index (χ1n) is 9.46. The zero-order valence-corrected chi connectivity index (χ0v) is 16.8. The lowest BCUT2D eigenvalue weighted by molar-refractivity contribution is -0.141. The van der Waals surface area contributed by atoms with Crippen molar-refractivity contribution in [3.63, 3.8) is 0 Å². The monoisotopic (exact) mass is 447 g/mol. The molecule has 2 aromatic rings. The maximum atomic E-state index is 13.4. The molecule has 2 heterocycles. The summed E-state index contributed by atoms with van der Waals surface area (Å²) >= 11 is 6.21. The lowest BCUT2D eigenvalue weighted by Crippen LogP contribution is -2.42. The number of benzene rings is 1. The predicted octanol–water partition coefficient (Wildman–Crippen LogP) is 3.74. The third-order valence-electron chi connectivity index (χ3n) is 5.09. The average molecular weight is 448 g/mol. The van der Waals surface area contributed by atoms with E-state index >= 15 is 0 Å². The number of amides is 1. The van der Waals surface area contributed by atoms with Crippen LogP contribution < -0.4 is 5.73 Å². The Morgan fingerprint density at radius 2 is 2.03 bits per heavy atom. The number of carbonyl (C=O) groups is 1. The average Bonchev–Trinajstić information content (AvgIpc) is 3.19. The minimum atomic E-state index is -4.66. The van der Waals surface area contributed by atoms with Crippen molar-refractivity contribution in [3.05, 3.63) is 46.2 Å². The predicted molar refractivity (Wildman–Crippen MR) is 105 cm³/mol. The molecule has 3 rings (SSSR count). The number of anilines is 1. The number of carbonyl (C=O) groups excluding carboxylic acids is 1. The van der Waals surface area contributed by atoms with Crippen LogP contribution in [-0.2, 0) is 12.7 Å². The molecule has 11 heteroatoms. The second-order valence-corrected chi connectivity index (χ2v) is 7.62. The Balaban J connectivity index is 1.79. The van der Waals surface area contributed by atoms with E-state index in [4.69, 9.17) is 17.3 Å². The molecule has 164 valence electrons. The van der Waals surface area contributed by atoms with E-state index in [1.807, 2.05) is 4.90 Å². The van der Waals surface area contributed by atoms with Crippen molar-refractivity contribution in [1.29, 1.82) is 0 Å². The summed E-state index contributed by atoms with van der Waals surface area (Å²) in [5.41, 5.74) is 5.40. The summed E-state index contributed by atoms with van der Waals surface area (Å²) < 4.78 is 51.9. The van der Waals surface area contributed by atoms with Gasteiger partial charge >= 0.3 is 6.18 Å². The summed E-state index contributed by atoms with van der Waals surface area (Å²) in [4.78, 5) is 16.3. The summed E-state index contributed by atoms with van der Waals surface area (Å²) in [6.45, 7) is 1.79. The van der Waals surface area contributed by atoms with Gasteiger partial charge in [0.05, 0.1) is 0 Å². The normalized spacial score (nSPS) is 16.0. The summed E-state index contributed by atoms with van der Waals surface area (Å²) in [5.74, 6) is -0.655. The summed E-state index contributed by atoms with van der Waals surface area (Å²) in [6.07, 6.45) is -4.65. The fraction of sp³-hybridized carbons (Fsp3) is 0.474. The number of aromatic nitrogens is 2. The van der Waals surface area contributed by atoms with Gasteiger partial charge in [0.2, 0.25) is 0 Å². The number of likely N-dealkylation sites (tertiary alicyclic amines) is 1. The minimum Gasteiger partial charge on any atom is -0.398 e. The van der Waals surface area contributed by atoms with E-state index in [1.165, 1.54) is 4.90 Å². The van der Waals surface area contributed by atoms with Crippen LogP contribution in [0.1, 0.15) is 34.6 Å². The standard InChI is InChI=1S/C19H22ClF4N5O/c20-14-2-1-3-15(25)13(14)11-29(9-8-28-6-4-12(21)5-7-28)18(30)16-10-17(27-26-16)19(22,23)24/h1-3,10,12H,4-9,11,25H2,(H,26,27). The van der Waals surface area contributed by atoms with Gasteiger partial charge < -0.3 is 15.5 Å². The molecule has 1 aliphatic rings. The van der Waals surface area contributed by atoms with Crippen LogP contribution in [0.15, 0.2) is 24.3 Å². The van der Waals surface area contributed by atoms with E-state index in [1.54, 1.807) is 18.2 Å². The van der Waals surface area contributed by atoms with Crippen LogP contribution in [0.3, 0.4) is 0 Å². The molecule has 1 fully saturated rings. The topological polar surface area (TPSA) is 78.2 Å². The van der Waals surface area contributed by atoms with Gasteiger partial charge in [-0.25, -0.2) is 4.39 Å². The van der Waals surface area contributed by atoms with Crippen LogP contribution in [0.5, 0.6) is 0 Å². The highest BCUT2D eigenvalue weighted by molar-refractivity contribution is 6.31. The number of aromatic amines is 1. The smallest absolute Gasteiger partial charge is 0.398 e. The molecule has 30 heavy (non-hydrogen) atoms. The second-order valence-electron chi connectivity index (χ2n) is 7.22. The first-order valence-corrected chi connectivity index (χ1v) is 9.84. The Hall–Kier alpha value is -2.33. The summed E-state index contributed by atoms with van der Waals surface area (Å²) in [6, 6.07) is 5.60. The number of nitrogen functional groups attached to an aromatic ring is 1. The van der Waals surface area contributed by atoms with Gasteiger partial charge in [-0.2, -0.15) is 18.3 Å². The summed E-state index contributed by atoms with van der Waals surface area (Å²) in [7, 11) is 0. The molecule has 0 aliphatic carbocycles. The molecule has 3 N–H and O–H groups in total. The number of hydrogen-bond acceptors (Lipinski definition) is 4. The van der Waals surface area contributed by atoms with Gasteiger partial charge in [-0.15, -0.1) is 0 Å². The molecule has 1 amide bonds. The first kappa shape index (κ1) is 22.4. The van der Waals surface area contributed by atoms with Gasteiger partial charge in [0.1, 0.15) is 11.9 Å². The van der Waals surface area contributed by atoms with Crippen LogP contribution in [0, 0.1) is 0 Å². The first-order chi connectivity index (χ1) is 14.1. The third kappa shape index (κ3) is 5.42. The van der Waals surface area contributed by atoms with E-state index in [9.17, 15) is 22.4 Å². The van der Waals surface area contributed by atoms with Gasteiger partial charge in [0, 0.05) is 55.1 Å². The van der Waals surface area contributed by atoms with Crippen molar-refractivity contribution in [3.8, 4) is 0 Å². The molecule has 1 aromatic carbocycles. The number of nitrogens with zero attached hydrogens (tertiary/aromatic N) is 3. The molecule has 6 nitrogen and oxygen atoms in total. The van der Waals surface area contributed by atoms with Gasteiger partial charge in [0.15, 0.2) is 5.69 Å². The van der Waals surface area contributed by atoms with E-state index in [0.717, 1.165) is 0 Å². The fourth-order valence-electron chi connectivity index (χ4n) is 3.32. The maximum Gasteiger partial charge on any atom is 0.435 e.